The molecule has 0 bridgehead atoms. The summed E-state index contributed by atoms with van der Waals surface area (Å²) < 4.78 is 5.23. The summed E-state index contributed by atoms with van der Waals surface area (Å²) in [5.74, 6) is 1.57. The molecule has 5 nitrogen and oxygen atoms in total. The first-order valence-electron chi connectivity index (χ1n) is 7.04. The second-order valence-electron chi connectivity index (χ2n) is 5.68. The van der Waals surface area contributed by atoms with Crippen molar-refractivity contribution >= 4 is 11.7 Å². The van der Waals surface area contributed by atoms with Gasteiger partial charge in [-0.1, -0.05) is 12.1 Å². The van der Waals surface area contributed by atoms with Crippen molar-refractivity contribution in [2.45, 2.75) is 18.9 Å². The van der Waals surface area contributed by atoms with Gasteiger partial charge in [0.25, 0.3) is 0 Å². The number of benzene rings is 1. The minimum Gasteiger partial charge on any atom is -0.495 e. The zero-order valence-electron chi connectivity index (χ0n) is 11.6. The van der Waals surface area contributed by atoms with E-state index in [1.807, 2.05) is 29.2 Å². The lowest BCUT2D eigenvalue weighted by Gasteiger charge is -2.19. The maximum atomic E-state index is 12.3. The number of likely N-dealkylation sites (tertiary alicyclic amines) is 1. The summed E-state index contributed by atoms with van der Waals surface area (Å²) >= 11 is 0. The van der Waals surface area contributed by atoms with Crippen LogP contribution in [0.4, 0.5) is 10.5 Å². The minimum absolute atomic E-state index is 0.0848. The van der Waals surface area contributed by atoms with Crippen LogP contribution in [0.15, 0.2) is 24.3 Å². The van der Waals surface area contributed by atoms with Gasteiger partial charge in [0.05, 0.1) is 18.9 Å². The summed E-state index contributed by atoms with van der Waals surface area (Å²) in [6, 6.07) is 7.31. The first-order valence-corrected chi connectivity index (χ1v) is 7.04. The molecule has 1 aromatic carbocycles. The van der Waals surface area contributed by atoms with Crippen LogP contribution in [0.2, 0.25) is 0 Å². The summed E-state index contributed by atoms with van der Waals surface area (Å²) in [5.41, 5.74) is 0.692. The Morgan fingerprint density at radius 3 is 2.60 bits per heavy atom. The number of anilines is 1. The van der Waals surface area contributed by atoms with Gasteiger partial charge in [0.2, 0.25) is 0 Å². The lowest BCUT2D eigenvalue weighted by molar-refractivity contribution is 0.163. The Balaban J connectivity index is 1.63. The van der Waals surface area contributed by atoms with Gasteiger partial charge in [-0.05, 0) is 36.8 Å². The minimum atomic E-state index is -0.176. The molecule has 2 fully saturated rings. The molecule has 0 aromatic heterocycles. The third kappa shape index (κ3) is 2.45. The van der Waals surface area contributed by atoms with Gasteiger partial charge in [-0.2, -0.15) is 0 Å². The van der Waals surface area contributed by atoms with Crippen LogP contribution < -0.4 is 10.1 Å². The molecule has 1 heterocycles. The molecular formula is C15H20N2O3. The van der Waals surface area contributed by atoms with E-state index >= 15 is 0 Å². The van der Waals surface area contributed by atoms with E-state index in [9.17, 15) is 9.90 Å². The van der Waals surface area contributed by atoms with Crippen molar-refractivity contribution in [3.05, 3.63) is 24.3 Å². The number of carbonyl (C=O) groups is 1. The summed E-state index contributed by atoms with van der Waals surface area (Å²) in [6.07, 6.45) is 1.47. The molecule has 2 amide bonds. The fraction of sp³-hybridized carbons (Fsp3) is 0.533. The lowest BCUT2D eigenvalue weighted by atomic mass is 10.0. The van der Waals surface area contributed by atoms with Crippen LogP contribution in [0.1, 0.15) is 12.8 Å². The number of methoxy groups -OCH3 is 1. The second-order valence-corrected chi connectivity index (χ2v) is 5.68. The van der Waals surface area contributed by atoms with E-state index in [0.29, 0.717) is 23.3 Å². The van der Waals surface area contributed by atoms with Gasteiger partial charge in [0.15, 0.2) is 0 Å². The van der Waals surface area contributed by atoms with Crippen LogP contribution in [-0.2, 0) is 0 Å². The van der Waals surface area contributed by atoms with Crippen molar-refractivity contribution in [3.8, 4) is 5.75 Å². The van der Waals surface area contributed by atoms with Gasteiger partial charge in [0.1, 0.15) is 5.75 Å². The molecule has 1 aromatic rings. The molecule has 1 aliphatic carbocycles. The van der Waals surface area contributed by atoms with E-state index in [1.165, 1.54) is 0 Å². The predicted molar refractivity (Wildman–Crippen MR) is 75.8 cm³/mol. The standard InChI is InChI=1S/C15H20N2O3/c1-20-14-5-3-2-4-13(14)16-15(19)17-8-10-6-12(18)7-11(10)9-17/h2-5,10-12,18H,6-9H2,1H3,(H,16,19)/t10-,11+,12?. The second kappa shape index (κ2) is 5.32. The molecule has 108 valence electrons. The van der Waals surface area contributed by atoms with Crippen molar-refractivity contribution in [1.82, 2.24) is 4.90 Å². The number of urea groups is 1. The highest BCUT2D eigenvalue weighted by Gasteiger charge is 2.41. The van der Waals surface area contributed by atoms with Gasteiger partial charge < -0.3 is 20.1 Å². The summed E-state index contributed by atoms with van der Waals surface area (Å²) in [7, 11) is 1.59. The Bertz CT molecular complexity index is 492. The van der Waals surface area contributed by atoms with E-state index < -0.39 is 0 Å². The lowest BCUT2D eigenvalue weighted by Crippen LogP contribution is -2.34. The highest BCUT2D eigenvalue weighted by molar-refractivity contribution is 5.91. The van der Waals surface area contributed by atoms with Crippen LogP contribution in [0.25, 0.3) is 0 Å². The van der Waals surface area contributed by atoms with Crippen LogP contribution >= 0.6 is 0 Å². The molecule has 2 N–H and O–H groups in total. The average Bonchev–Trinajstić information content (AvgIpc) is 2.96. The van der Waals surface area contributed by atoms with Crippen molar-refractivity contribution in [1.29, 1.82) is 0 Å². The number of hydrogen-bond donors (Lipinski definition) is 2. The van der Waals surface area contributed by atoms with Crippen molar-refractivity contribution in [3.63, 3.8) is 0 Å². The molecule has 20 heavy (non-hydrogen) atoms. The van der Waals surface area contributed by atoms with Gasteiger partial charge in [-0.15, -0.1) is 0 Å². The number of aliphatic hydroxyl groups excluding tert-OH is 1. The molecule has 3 atom stereocenters. The fourth-order valence-electron chi connectivity index (χ4n) is 3.38. The smallest absolute Gasteiger partial charge is 0.321 e. The first-order chi connectivity index (χ1) is 9.67. The number of carbonyl (C=O) groups excluding carboxylic acids is 1. The molecule has 0 radical (unpaired) electrons. The first kappa shape index (κ1) is 13.2. The molecule has 2 aliphatic rings. The normalized spacial score (nSPS) is 28.3. The van der Waals surface area contributed by atoms with Gasteiger partial charge in [-0.3, -0.25) is 0 Å². The molecule has 1 unspecified atom stereocenters. The number of nitrogens with zero attached hydrogens (tertiary/aromatic N) is 1. The Kier molecular flexibility index (Phi) is 3.53. The van der Waals surface area contributed by atoms with Crippen molar-refractivity contribution < 1.29 is 14.6 Å². The number of nitrogens with one attached hydrogen (secondary N) is 1. The zero-order chi connectivity index (χ0) is 14.1. The van der Waals surface area contributed by atoms with Crippen LogP contribution in [-0.4, -0.2) is 42.3 Å². The van der Waals surface area contributed by atoms with Crippen molar-refractivity contribution in [2.75, 3.05) is 25.5 Å². The number of hydrogen-bond acceptors (Lipinski definition) is 3. The summed E-state index contributed by atoms with van der Waals surface area (Å²) in [4.78, 5) is 14.1. The summed E-state index contributed by atoms with van der Waals surface area (Å²) in [5, 5.41) is 12.5. The van der Waals surface area contributed by atoms with Gasteiger partial charge in [0, 0.05) is 13.1 Å². The largest absolute Gasteiger partial charge is 0.495 e. The zero-order valence-corrected chi connectivity index (χ0v) is 11.6. The van der Waals surface area contributed by atoms with Gasteiger partial charge in [-0.25, -0.2) is 4.79 Å². The number of amides is 2. The molecular weight excluding hydrogens is 256 g/mol. The average molecular weight is 276 g/mol. The molecule has 5 heteroatoms. The Labute approximate surface area is 118 Å². The molecule has 1 aliphatic heterocycles. The van der Waals surface area contributed by atoms with E-state index in [1.54, 1.807) is 7.11 Å². The highest BCUT2D eigenvalue weighted by Crippen LogP contribution is 2.38. The Morgan fingerprint density at radius 1 is 1.30 bits per heavy atom. The fourth-order valence-corrected chi connectivity index (χ4v) is 3.38. The van der Waals surface area contributed by atoms with Crippen molar-refractivity contribution in [2.24, 2.45) is 11.8 Å². The number of rotatable bonds is 2. The maximum Gasteiger partial charge on any atom is 0.321 e. The van der Waals surface area contributed by atoms with E-state index in [4.69, 9.17) is 4.74 Å². The number of ether oxygens (including phenoxy) is 1. The van der Waals surface area contributed by atoms with Gasteiger partial charge >= 0.3 is 6.03 Å². The monoisotopic (exact) mass is 276 g/mol. The highest BCUT2D eigenvalue weighted by atomic mass is 16.5. The van der Waals surface area contributed by atoms with Crippen LogP contribution in [0.3, 0.4) is 0 Å². The molecule has 1 saturated heterocycles. The summed E-state index contributed by atoms with van der Waals surface area (Å²) in [6.45, 7) is 1.48. The third-order valence-corrected chi connectivity index (χ3v) is 4.36. The topological polar surface area (TPSA) is 61.8 Å². The predicted octanol–water partition coefficient (Wildman–Crippen LogP) is 1.93. The SMILES string of the molecule is COc1ccccc1NC(=O)N1C[C@H]2CC(O)C[C@H]2C1. The molecule has 0 spiro atoms. The maximum absolute atomic E-state index is 12.3. The van der Waals surface area contributed by atoms with E-state index in [2.05, 4.69) is 5.32 Å². The molecule has 1 saturated carbocycles. The number of para-hydroxylation sites is 2. The number of aliphatic hydroxyl groups is 1. The van der Waals surface area contributed by atoms with Crippen LogP contribution in [0, 0.1) is 11.8 Å². The quantitative estimate of drug-likeness (QED) is 0.867. The van der Waals surface area contributed by atoms with E-state index in [-0.39, 0.29) is 12.1 Å². The third-order valence-electron chi connectivity index (χ3n) is 4.36. The van der Waals surface area contributed by atoms with Crippen LogP contribution in [0.5, 0.6) is 5.75 Å². The molecule has 3 rings (SSSR count). The Hall–Kier alpha value is -1.75. The van der Waals surface area contributed by atoms with E-state index in [0.717, 1.165) is 25.9 Å². The number of fused-ring (bicyclic) bond motifs is 1. The Morgan fingerprint density at radius 2 is 1.95 bits per heavy atom.